The molecule has 0 saturated carbocycles. The first-order valence-electron chi connectivity index (χ1n) is 6.31. The van der Waals surface area contributed by atoms with Crippen molar-refractivity contribution in [1.29, 1.82) is 0 Å². The summed E-state index contributed by atoms with van der Waals surface area (Å²) in [5, 5.41) is 0. The van der Waals surface area contributed by atoms with Crippen LogP contribution in [0.1, 0.15) is 23.7 Å². The fourth-order valence-corrected chi connectivity index (χ4v) is 1.51. The van der Waals surface area contributed by atoms with Crippen LogP contribution in [-0.4, -0.2) is 27.5 Å². The summed E-state index contributed by atoms with van der Waals surface area (Å²) in [6, 6.07) is 6.48. The number of carbonyl (C=O) groups is 1. The average Bonchev–Trinajstić information content (AvgIpc) is 2.45. The zero-order chi connectivity index (χ0) is 15.2. The van der Waals surface area contributed by atoms with Gasteiger partial charge in [-0.2, -0.15) is 9.97 Å². The van der Waals surface area contributed by atoms with Gasteiger partial charge in [-0.05, 0) is 18.6 Å². The lowest BCUT2D eigenvalue weighted by Gasteiger charge is -2.09. The van der Waals surface area contributed by atoms with Gasteiger partial charge in [-0.15, -0.1) is 4.98 Å². The van der Waals surface area contributed by atoms with Crippen LogP contribution in [-0.2, 0) is 0 Å². The van der Waals surface area contributed by atoms with Gasteiger partial charge in [-0.1, -0.05) is 19.1 Å². The van der Waals surface area contributed by atoms with E-state index in [-0.39, 0.29) is 29.3 Å². The normalized spacial score (nSPS) is 10.1. The Balaban J connectivity index is 2.27. The van der Waals surface area contributed by atoms with E-state index >= 15 is 0 Å². The van der Waals surface area contributed by atoms with Crippen LogP contribution < -0.4 is 20.9 Å². The topological polar surface area (TPSA) is 126 Å². The molecule has 0 aliphatic heterocycles. The predicted molar refractivity (Wildman–Crippen MR) is 75.1 cm³/mol. The third kappa shape index (κ3) is 3.78. The van der Waals surface area contributed by atoms with Crippen molar-refractivity contribution in [2.45, 2.75) is 13.3 Å². The van der Waals surface area contributed by atoms with Crippen molar-refractivity contribution >= 4 is 11.9 Å². The maximum atomic E-state index is 11.3. The van der Waals surface area contributed by atoms with E-state index < -0.39 is 5.91 Å². The number of anilines is 1. The Labute approximate surface area is 121 Å². The van der Waals surface area contributed by atoms with Crippen LogP contribution in [0.4, 0.5) is 5.95 Å². The molecule has 0 aliphatic rings. The van der Waals surface area contributed by atoms with Gasteiger partial charge in [-0.25, -0.2) is 0 Å². The minimum absolute atomic E-state index is 0.0392. The van der Waals surface area contributed by atoms with Crippen molar-refractivity contribution in [1.82, 2.24) is 15.0 Å². The molecule has 8 nitrogen and oxygen atoms in total. The van der Waals surface area contributed by atoms with Gasteiger partial charge < -0.3 is 20.9 Å². The van der Waals surface area contributed by atoms with Gasteiger partial charge in [0.15, 0.2) is 0 Å². The second kappa shape index (κ2) is 6.51. The molecule has 1 heterocycles. The Bertz CT molecular complexity index is 647. The number of hydrogen-bond acceptors (Lipinski definition) is 7. The second-order valence-corrected chi connectivity index (χ2v) is 4.07. The molecule has 0 atom stereocenters. The summed E-state index contributed by atoms with van der Waals surface area (Å²) < 4.78 is 10.7. The highest BCUT2D eigenvalue weighted by atomic mass is 16.5. The molecule has 1 amide bonds. The number of nitrogens with two attached hydrogens (primary N) is 2. The molecule has 0 spiro atoms. The smallest absolute Gasteiger partial charge is 0.330 e. The fourth-order valence-electron chi connectivity index (χ4n) is 1.51. The summed E-state index contributed by atoms with van der Waals surface area (Å²) >= 11 is 0. The molecule has 1 aromatic heterocycles. The van der Waals surface area contributed by atoms with Crippen LogP contribution in [0.25, 0.3) is 0 Å². The number of carbonyl (C=O) groups excluding carboxylic acids is 1. The number of aromatic nitrogens is 3. The van der Waals surface area contributed by atoms with E-state index in [9.17, 15) is 4.79 Å². The van der Waals surface area contributed by atoms with Gasteiger partial charge in [-0.3, -0.25) is 4.79 Å². The Hall–Kier alpha value is -2.90. The molecule has 110 valence electrons. The summed E-state index contributed by atoms with van der Waals surface area (Å²) in [6.07, 6.45) is 0.798. The maximum absolute atomic E-state index is 11.3. The predicted octanol–water partition coefficient (Wildman–Crippen LogP) is 1.13. The number of hydrogen-bond donors (Lipinski definition) is 2. The third-order valence-electron chi connectivity index (χ3n) is 2.40. The van der Waals surface area contributed by atoms with E-state index in [1.807, 2.05) is 6.92 Å². The molecule has 0 bridgehead atoms. The van der Waals surface area contributed by atoms with Crippen molar-refractivity contribution in [3.05, 3.63) is 29.8 Å². The van der Waals surface area contributed by atoms with Crippen LogP contribution in [0.5, 0.6) is 17.8 Å². The highest BCUT2D eigenvalue weighted by Gasteiger charge is 2.12. The highest BCUT2D eigenvalue weighted by Crippen LogP contribution is 2.23. The second-order valence-electron chi connectivity index (χ2n) is 4.07. The van der Waals surface area contributed by atoms with Crippen LogP contribution in [0.15, 0.2) is 24.3 Å². The van der Waals surface area contributed by atoms with Crippen molar-refractivity contribution < 1.29 is 14.3 Å². The summed E-state index contributed by atoms with van der Waals surface area (Å²) in [6.45, 7) is 2.39. The molecular weight excluding hydrogens is 274 g/mol. The van der Waals surface area contributed by atoms with Gasteiger partial charge in [0.1, 0.15) is 5.75 Å². The number of nitrogen functional groups attached to an aromatic ring is 1. The monoisotopic (exact) mass is 289 g/mol. The zero-order valence-electron chi connectivity index (χ0n) is 11.4. The minimum atomic E-state index is -0.616. The molecule has 0 fully saturated rings. The highest BCUT2D eigenvalue weighted by molar-refractivity contribution is 5.95. The first-order chi connectivity index (χ1) is 10.1. The molecule has 2 aromatic rings. The van der Waals surface area contributed by atoms with Crippen LogP contribution >= 0.6 is 0 Å². The zero-order valence-corrected chi connectivity index (χ0v) is 11.4. The van der Waals surface area contributed by atoms with Crippen LogP contribution in [0.2, 0.25) is 0 Å². The Morgan fingerprint density at radius 2 is 1.90 bits per heavy atom. The molecule has 0 radical (unpaired) electrons. The molecule has 0 aliphatic carbocycles. The van der Waals surface area contributed by atoms with E-state index in [0.717, 1.165) is 6.42 Å². The molecule has 1 aromatic carbocycles. The fraction of sp³-hybridized carbons (Fsp3) is 0.231. The lowest BCUT2D eigenvalue weighted by Crippen LogP contribution is -2.12. The molecule has 0 saturated heterocycles. The summed E-state index contributed by atoms with van der Waals surface area (Å²) in [5.74, 6) is -0.421. The van der Waals surface area contributed by atoms with Gasteiger partial charge in [0.25, 0.3) is 5.91 Å². The largest absolute Gasteiger partial charge is 0.463 e. The number of rotatable bonds is 6. The standard InChI is InChI=1S/C13H15N5O3/c1-2-7-20-12-16-11(15)17-13(18-12)21-9-6-4-3-5-8(9)10(14)19/h3-6H,2,7H2,1H3,(H2,14,19)(H2,15,16,17,18). The molecule has 4 N–H and O–H groups in total. The maximum Gasteiger partial charge on any atom is 0.330 e. The number of benzene rings is 1. The van der Waals surface area contributed by atoms with Gasteiger partial charge in [0.05, 0.1) is 12.2 Å². The molecule has 21 heavy (non-hydrogen) atoms. The first kappa shape index (κ1) is 14.5. The number of nitrogens with zero attached hydrogens (tertiary/aromatic N) is 3. The van der Waals surface area contributed by atoms with Crippen molar-refractivity contribution in [3.63, 3.8) is 0 Å². The van der Waals surface area contributed by atoms with E-state index in [1.54, 1.807) is 18.2 Å². The van der Waals surface area contributed by atoms with E-state index in [2.05, 4.69) is 15.0 Å². The molecular formula is C13H15N5O3. The van der Waals surface area contributed by atoms with E-state index in [1.165, 1.54) is 6.07 Å². The average molecular weight is 289 g/mol. The van der Waals surface area contributed by atoms with Crippen molar-refractivity contribution in [3.8, 4) is 17.8 Å². The van der Waals surface area contributed by atoms with Crippen molar-refractivity contribution in [2.24, 2.45) is 5.73 Å². The molecule has 0 unspecified atom stereocenters. The van der Waals surface area contributed by atoms with E-state index in [4.69, 9.17) is 20.9 Å². The molecule has 2 rings (SSSR count). The summed E-state index contributed by atoms with van der Waals surface area (Å²) in [5.41, 5.74) is 11.1. The Morgan fingerprint density at radius 1 is 1.19 bits per heavy atom. The van der Waals surface area contributed by atoms with E-state index in [0.29, 0.717) is 6.61 Å². The number of primary amides is 1. The SMILES string of the molecule is CCCOc1nc(N)nc(Oc2ccccc2C(N)=O)n1. The number of para-hydroxylation sites is 1. The Morgan fingerprint density at radius 3 is 2.62 bits per heavy atom. The van der Waals surface area contributed by atoms with Crippen LogP contribution in [0, 0.1) is 0 Å². The molecule has 8 heteroatoms. The van der Waals surface area contributed by atoms with Gasteiger partial charge in [0.2, 0.25) is 5.95 Å². The lowest BCUT2D eigenvalue weighted by atomic mass is 10.2. The lowest BCUT2D eigenvalue weighted by molar-refractivity contribution is 0.0998. The number of ether oxygens (including phenoxy) is 2. The van der Waals surface area contributed by atoms with Crippen LogP contribution in [0.3, 0.4) is 0 Å². The third-order valence-corrected chi connectivity index (χ3v) is 2.40. The summed E-state index contributed by atoms with van der Waals surface area (Å²) in [7, 11) is 0. The number of amides is 1. The minimum Gasteiger partial charge on any atom is -0.463 e. The van der Waals surface area contributed by atoms with Gasteiger partial charge in [0, 0.05) is 0 Å². The quantitative estimate of drug-likeness (QED) is 0.816. The first-order valence-corrected chi connectivity index (χ1v) is 6.31. The van der Waals surface area contributed by atoms with Gasteiger partial charge >= 0.3 is 12.0 Å². The van der Waals surface area contributed by atoms with Crippen molar-refractivity contribution in [2.75, 3.05) is 12.3 Å². The Kier molecular flexibility index (Phi) is 4.50. The summed E-state index contributed by atoms with van der Waals surface area (Å²) in [4.78, 5) is 23.0.